The highest BCUT2D eigenvalue weighted by Crippen LogP contribution is 2.27. The number of carbonyl (C=O) groups is 1. The number of carbonyl (C=O) groups excluding carboxylic acids is 1. The molecule has 1 fully saturated rings. The van der Waals surface area contributed by atoms with Crippen LogP contribution in [0.5, 0.6) is 0 Å². The molecule has 0 spiro atoms. The standard InChI is InChI=1S/C20H28N4O2S/c1-14-7-4-5-11-24(14)12-10-21-19(25)17-8-6-9-22-20(17)27-13-18-15(2)23-26-16(18)3/h6,8-9,14H,4-5,7,10-13H2,1-3H3,(H,21,25). The van der Waals surface area contributed by atoms with E-state index in [2.05, 4.69) is 27.3 Å². The minimum Gasteiger partial charge on any atom is -0.361 e. The molecule has 1 aliphatic rings. The van der Waals surface area contributed by atoms with Crippen molar-refractivity contribution >= 4 is 17.7 Å². The van der Waals surface area contributed by atoms with Gasteiger partial charge in [-0.1, -0.05) is 11.6 Å². The number of hydrogen-bond donors (Lipinski definition) is 1. The summed E-state index contributed by atoms with van der Waals surface area (Å²) >= 11 is 1.54. The Morgan fingerprint density at radius 1 is 1.41 bits per heavy atom. The Morgan fingerprint density at radius 3 is 3.00 bits per heavy atom. The van der Waals surface area contributed by atoms with E-state index in [0.29, 0.717) is 23.9 Å². The summed E-state index contributed by atoms with van der Waals surface area (Å²) in [6, 6.07) is 4.25. The predicted molar refractivity (Wildman–Crippen MR) is 107 cm³/mol. The first-order valence-electron chi connectivity index (χ1n) is 9.58. The fraction of sp³-hybridized carbons (Fsp3) is 0.550. The van der Waals surface area contributed by atoms with Crippen molar-refractivity contribution in [1.82, 2.24) is 20.4 Å². The van der Waals surface area contributed by atoms with Gasteiger partial charge in [0.25, 0.3) is 5.91 Å². The maximum Gasteiger partial charge on any atom is 0.254 e. The molecule has 1 aliphatic heterocycles. The van der Waals surface area contributed by atoms with Gasteiger partial charge in [-0.05, 0) is 52.3 Å². The lowest BCUT2D eigenvalue weighted by Crippen LogP contribution is -2.42. The molecule has 1 unspecified atom stereocenters. The van der Waals surface area contributed by atoms with Crippen LogP contribution < -0.4 is 5.32 Å². The quantitative estimate of drug-likeness (QED) is 0.731. The lowest BCUT2D eigenvalue weighted by molar-refractivity contribution is 0.0935. The summed E-state index contributed by atoms with van der Waals surface area (Å²) in [4.78, 5) is 19.5. The Balaban J connectivity index is 1.57. The van der Waals surface area contributed by atoms with Crippen LogP contribution in [0.1, 0.15) is 53.6 Å². The molecule has 0 aliphatic carbocycles. The molecule has 1 saturated heterocycles. The topological polar surface area (TPSA) is 71.3 Å². The maximum absolute atomic E-state index is 12.7. The first-order valence-corrected chi connectivity index (χ1v) is 10.6. The van der Waals surface area contributed by atoms with Crippen LogP contribution in [-0.4, -0.2) is 46.6 Å². The van der Waals surface area contributed by atoms with Crippen molar-refractivity contribution in [3.8, 4) is 0 Å². The molecule has 0 bridgehead atoms. The number of rotatable bonds is 7. The van der Waals surface area contributed by atoms with Gasteiger partial charge >= 0.3 is 0 Å². The van der Waals surface area contributed by atoms with E-state index in [9.17, 15) is 4.79 Å². The van der Waals surface area contributed by atoms with Crippen LogP contribution in [0.2, 0.25) is 0 Å². The zero-order valence-electron chi connectivity index (χ0n) is 16.3. The number of nitrogens with one attached hydrogen (secondary N) is 1. The van der Waals surface area contributed by atoms with Gasteiger partial charge in [0.1, 0.15) is 10.8 Å². The van der Waals surface area contributed by atoms with Crippen LogP contribution in [0, 0.1) is 13.8 Å². The number of likely N-dealkylation sites (tertiary alicyclic amines) is 1. The molecule has 1 amide bonds. The largest absolute Gasteiger partial charge is 0.361 e. The summed E-state index contributed by atoms with van der Waals surface area (Å²) in [6.07, 6.45) is 5.54. The van der Waals surface area contributed by atoms with E-state index in [4.69, 9.17) is 4.52 Å². The second-order valence-corrected chi connectivity index (χ2v) is 8.05. The van der Waals surface area contributed by atoms with Gasteiger partial charge in [0.05, 0.1) is 11.3 Å². The van der Waals surface area contributed by atoms with E-state index in [1.807, 2.05) is 26.0 Å². The second-order valence-electron chi connectivity index (χ2n) is 7.08. The minimum absolute atomic E-state index is 0.0611. The molecular weight excluding hydrogens is 360 g/mol. The number of nitrogens with zero attached hydrogens (tertiary/aromatic N) is 3. The van der Waals surface area contributed by atoms with Crippen LogP contribution in [0.4, 0.5) is 0 Å². The van der Waals surface area contributed by atoms with Crippen molar-refractivity contribution in [2.45, 2.75) is 56.9 Å². The zero-order chi connectivity index (χ0) is 19.2. The summed E-state index contributed by atoms with van der Waals surface area (Å²) in [5, 5.41) is 7.78. The third-order valence-electron chi connectivity index (χ3n) is 5.18. The van der Waals surface area contributed by atoms with Crippen molar-refractivity contribution < 1.29 is 9.32 Å². The van der Waals surface area contributed by atoms with E-state index in [1.54, 1.807) is 18.0 Å². The Labute approximate surface area is 165 Å². The van der Waals surface area contributed by atoms with Crippen LogP contribution in [0.3, 0.4) is 0 Å². The van der Waals surface area contributed by atoms with Gasteiger partial charge in [-0.25, -0.2) is 4.98 Å². The predicted octanol–water partition coefficient (Wildman–Crippen LogP) is 3.58. The number of piperidine rings is 1. The number of aromatic nitrogens is 2. The highest BCUT2D eigenvalue weighted by Gasteiger charge is 2.19. The Morgan fingerprint density at radius 2 is 2.26 bits per heavy atom. The smallest absolute Gasteiger partial charge is 0.254 e. The van der Waals surface area contributed by atoms with Crippen LogP contribution in [-0.2, 0) is 5.75 Å². The van der Waals surface area contributed by atoms with Gasteiger partial charge in [0.2, 0.25) is 0 Å². The molecule has 1 atom stereocenters. The lowest BCUT2D eigenvalue weighted by Gasteiger charge is -2.33. The van der Waals surface area contributed by atoms with E-state index >= 15 is 0 Å². The lowest BCUT2D eigenvalue weighted by atomic mass is 10.0. The van der Waals surface area contributed by atoms with Crippen molar-refractivity contribution in [2.24, 2.45) is 0 Å². The van der Waals surface area contributed by atoms with Gasteiger partial charge in [-0.2, -0.15) is 0 Å². The summed E-state index contributed by atoms with van der Waals surface area (Å²) in [5.74, 6) is 1.44. The fourth-order valence-corrected chi connectivity index (χ4v) is 4.57. The first-order chi connectivity index (χ1) is 13.1. The minimum atomic E-state index is -0.0611. The molecule has 0 aromatic carbocycles. The molecule has 0 saturated carbocycles. The van der Waals surface area contributed by atoms with Crippen molar-refractivity contribution in [3.05, 3.63) is 40.9 Å². The second kappa shape index (κ2) is 9.37. The third-order valence-corrected chi connectivity index (χ3v) is 6.21. The molecule has 3 heterocycles. The van der Waals surface area contributed by atoms with Gasteiger partial charge in [-0.3, -0.25) is 9.69 Å². The number of amides is 1. The highest BCUT2D eigenvalue weighted by atomic mass is 32.2. The summed E-state index contributed by atoms with van der Waals surface area (Å²) in [6.45, 7) is 8.79. The van der Waals surface area contributed by atoms with E-state index in [0.717, 1.165) is 35.1 Å². The van der Waals surface area contributed by atoms with Gasteiger partial charge < -0.3 is 9.84 Å². The first kappa shape index (κ1) is 19.9. The van der Waals surface area contributed by atoms with E-state index < -0.39 is 0 Å². The van der Waals surface area contributed by atoms with Gasteiger partial charge in [0, 0.05) is 36.6 Å². The van der Waals surface area contributed by atoms with Gasteiger partial charge in [-0.15, -0.1) is 11.8 Å². The van der Waals surface area contributed by atoms with Crippen molar-refractivity contribution in [3.63, 3.8) is 0 Å². The maximum atomic E-state index is 12.7. The molecule has 7 heteroatoms. The number of hydrogen-bond acceptors (Lipinski definition) is 6. The molecule has 6 nitrogen and oxygen atoms in total. The number of pyridine rings is 1. The number of aryl methyl sites for hydroxylation is 2. The average Bonchev–Trinajstić information content (AvgIpc) is 2.99. The van der Waals surface area contributed by atoms with Crippen LogP contribution in [0.25, 0.3) is 0 Å². The third kappa shape index (κ3) is 5.11. The molecule has 3 rings (SSSR count). The Bertz CT molecular complexity index is 758. The summed E-state index contributed by atoms with van der Waals surface area (Å²) < 4.78 is 5.21. The van der Waals surface area contributed by atoms with Crippen LogP contribution >= 0.6 is 11.8 Å². The van der Waals surface area contributed by atoms with E-state index in [-0.39, 0.29) is 5.91 Å². The molecule has 27 heavy (non-hydrogen) atoms. The van der Waals surface area contributed by atoms with Crippen molar-refractivity contribution in [1.29, 1.82) is 0 Å². The molecule has 2 aromatic rings. The van der Waals surface area contributed by atoms with Crippen molar-refractivity contribution in [2.75, 3.05) is 19.6 Å². The molecule has 0 radical (unpaired) electrons. The SMILES string of the molecule is Cc1noc(C)c1CSc1ncccc1C(=O)NCCN1CCCCC1C. The molecule has 1 N–H and O–H groups in total. The summed E-state index contributed by atoms with van der Waals surface area (Å²) in [7, 11) is 0. The summed E-state index contributed by atoms with van der Waals surface area (Å²) in [5.41, 5.74) is 2.58. The van der Waals surface area contributed by atoms with Gasteiger partial charge in [0.15, 0.2) is 0 Å². The highest BCUT2D eigenvalue weighted by molar-refractivity contribution is 7.98. The Hall–Kier alpha value is -1.86. The fourth-order valence-electron chi connectivity index (χ4n) is 3.43. The molecular formula is C20H28N4O2S. The normalized spacial score (nSPS) is 17.8. The monoisotopic (exact) mass is 388 g/mol. The molecule has 146 valence electrons. The zero-order valence-corrected chi connectivity index (χ0v) is 17.1. The Kier molecular flexibility index (Phi) is 6.90. The van der Waals surface area contributed by atoms with Crippen LogP contribution in [0.15, 0.2) is 27.9 Å². The molecule has 2 aromatic heterocycles. The van der Waals surface area contributed by atoms with E-state index in [1.165, 1.54) is 19.3 Å². The average molecular weight is 389 g/mol. The number of thioether (sulfide) groups is 1.